The van der Waals surface area contributed by atoms with E-state index in [1.165, 1.54) is 0 Å². The molecule has 0 amide bonds. The lowest BCUT2D eigenvalue weighted by Crippen LogP contribution is -2.55. The van der Waals surface area contributed by atoms with Crippen molar-refractivity contribution in [1.82, 2.24) is 9.97 Å². The molecule has 1 N–H and O–H groups in total. The van der Waals surface area contributed by atoms with Gasteiger partial charge in [-0.2, -0.15) is 0 Å². The highest BCUT2D eigenvalue weighted by Crippen LogP contribution is 2.42. The zero-order valence-electron chi connectivity index (χ0n) is 19.2. The molecule has 1 aromatic carbocycles. The maximum absolute atomic E-state index is 13.4. The summed E-state index contributed by atoms with van der Waals surface area (Å²) in [4.78, 5) is 21.6. The zero-order chi connectivity index (χ0) is 22.4. The summed E-state index contributed by atoms with van der Waals surface area (Å²) in [5.41, 5.74) is 0.268. The molecule has 2 fully saturated rings. The van der Waals surface area contributed by atoms with Gasteiger partial charge >= 0.3 is 5.97 Å². The number of ether oxygens (including phenoxy) is 1. The minimum absolute atomic E-state index is 0.0741. The monoisotopic (exact) mass is 438 g/mol. The summed E-state index contributed by atoms with van der Waals surface area (Å²) in [7, 11) is 2.25. The van der Waals surface area contributed by atoms with Gasteiger partial charge in [0, 0.05) is 31.2 Å². The van der Waals surface area contributed by atoms with E-state index in [9.17, 15) is 9.90 Å². The Balaban J connectivity index is 1.40. The van der Waals surface area contributed by atoms with E-state index >= 15 is 0 Å². The van der Waals surface area contributed by atoms with E-state index in [4.69, 9.17) is 4.74 Å². The number of piperidine rings is 1. The van der Waals surface area contributed by atoms with Gasteiger partial charge in [-0.05, 0) is 36.8 Å². The number of rotatable bonds is 8. The topological polar surface area (TPSA) is 72.3 Å². The van der Waals surface area contributed by atoms with Gasteiger partial charge < -0.3 is 14.3 Å². The van der Waals surface area contributed by atoms with Crippen molar-refractivity contribution in [3.63, 3.8) is 0 Å². The normalized spacial score (nSPS) is 25.9. The highest BCUT2D eigenvalue weighted by atomic mass is 16.6. The second-order valence-electron chi connectivity index (χ2n) is 9.88. The minimum atomic E-state index is -1.55. The quantitative estimate of drug-likeness (QED) is 0.503. The van der Waals surface area contributed by atoms with Gasteiger partial charge in [0.25, 0.3) is 0 Å². The van der Waals surface area contributed by atoms with Crippen LogP contribution in [0, 0.1) is 5.92 Å². The lowest BCUT2D eigenvalue weighted by atomic mass is 9.80. The van der Waals surface area contributed by atoms with E-state index in [2.05, 4.69) is 17.0 Å². The molecule has 6 nitrogen and oxygen atoms in total. The second-order valence-corrected chi connectivity index (χ2v) is 9.88. The molecule has 2 aromatic rings. The van der Waals surface area contributed by atoms with Crippen LogP contribution < -0.4 is 0 Å². The largest absolute Gasteiger partial charge is 0.454 e. The molecule has 2 unspecified atom stereocenters. The van der Waals surface area contributed by atoms with Crippen molar-refractivity contribution >= 4 is 5.97 Å². The number of aliphatic hydroxyl groups is 1. The minimum Gasteiger partial charge on any atom is -0.454 e. The third kappa shape index (κ3) is 5.18. The number of esters is 1. The van der Waals surface area contributed by atoms with Crippen LogP contribution in [0.2, 0.25) is 0 Å². The van der Waals surface area contributed by atoms with E-state index in [1.807, 2.05) is 42.7 Å². The van der Waals surface area contributed by atoms with Gasteiger partial charge in [0.05, 0.1) is 20.1 Å². The van der Waals surface area contributed by atoms with Gasteiger partial charge in [0.2, 0.25) is 0 Å². The van der Waals surface area contributed by atoms with Crippen LogP contribution in [0.25, 0.3) is 0 Å². The third-order valence-corrected chi connectivity index (χ3v) is 7.39. The van der Waals surface area contributed by atoms with Crippen LogP contribution >= 0.6 is 0 Å². The lowest BCUT2D eigenvalue weighted by Gasteiger charge is -2.42. The average Bonchev–Trinajstić information content (AvgIpc) is 3.35. The fraction of sp³-hybridized carbons (Fsp3) is 0.577. The van der Waals surface area contributed by atoms with E-state index < -0.39 is 11.6 Å². The first-order valence-electron chi connectivity index (χ1n) is 12.1. The molecule has 0 spiro atoms. The van der Waals surface area contributed by atoms with Gasteiger partial charge in [0.15, 0.2) is 11.7 Å². The molecular weight excluding hydrogens is 402 g/mol. The summed E-state index contributed by atoms with van der Waals surface area (Å²) in [6, 6.07) is 9.39. The average molecular weight is 439 g/mol. The van der Waals surface area contributed by atoms with E-state index in [0.29, 0.717) is 5.56 Å². The van der Waals surface area contributed by atoms with E-state index in [-0.39, 0.29) is 12.0 Å². The summed E-state index contributed by atoms with van der Waals surface area (Å²) in [5, 5.41) is 11.7. The number of hydrogen-bond acceptors (Lipinski definition) is 5. The van der Waals surface area contributed by atoms with Crippen molar-refractivity contribution in [3.8, 4) is 0 Å². The maximum atomic E-state index is 13.4. The number of aromatic nitrogens is 2. The molecule has 1 saturated carbocycles. The van der Waals surface area contributed by atoms with Crippen molar-refractivity contribution in [2.45, 2.75) is 63.1 Å². The molecule has 1 aliphatic carbocycles. The molecule has 2 heterocycles. The SMILES string of the molecule is C[N@@+]1(CCCc2cncnc2)CCCC(OC(=O)C(O)(c2ccccc2)C2CCCC2)C1. The Morgan fingerprint density at radius 2 is 1.84 bits per heavy atom. The number of carbonyl (C=O) groups excluding carboxylic acids is 1. The van der Waals surface area contributed by atoms with Crippen molar-refractivity contribution in [1.29, 1.82) is 0 Å². The first-order chi connectivity index (χ1) is 15.5. The number of nitrogens with zero attached hydrogens (tertiary/aromatic N) is 3. The van der Waals surface area contributed by atoms with Gasteiger partial charge in [-0.3, -0.25) is 0 Å². The van der Waals surface area contributed by atoms with Crippen LogP contribution in [0.4, 0.5) is 0 Å². The summed E-state index contributed by atoms with van der Waals surface area (Å²) >= 11 is 0. The fourth-order valence-electron chi connectivity index (χ4n) is 5.60. The molecule has 2 aliphatic rings. The van der Waals surface area contributed by atoms with Gasteiger partial charge in [-0.1, -0.05) is 43.2 Å². The molecule has 0 bridgehead atoms. The second kappa shape index (κ2) is 10.1. The molecule has 3 atom stereocenters. The molecule has 1 saturated heterocycles. The number of quaternary nitrogens is 1. The van der Waals surface area contributed by atoms with Crippen molar-refractivity contribution in [3.05, 3.63) is 60.2 Å². The number of likely N-dealkylation sites (N-methyl/N-ethyl adjacent to an activating group) is 1. The molecule has 4 rings (SSSR count). The Labute approximate surface area is 191 Å². The molecule has 0 radical (unpaired) electrons. The molecule has 6 heteroatoms. The Morgan fingerprint density at radius 1 is 1.12 bits per heavy atom. The molecule has 172 valence electrons. The first-order valence-corrected chi connectivity index (χ1v) is 12.1. The third-order valence-electron chi connectivity index (χ3n) is 7.39. The van der Waals surface area contributed by atoms with Crippen LogP contribution in [-0.2, 0) is 21.6 Å². The molecular formula is C26H36N3O3+. The van der Waals surface area contributed by atoms with Crippen molar-refractivity contribution in [2.24, 2.45) is 5.92 Å². The number of likely N-dealkylation sites (tertiary alicyclic amines) is 1. The predicted molar refractivity (Wildman–Crippen MR) is 123 cm³/mol. The summed E-state index contributed by atoms with van der Waals surface area (Å²) in [6.45, 7) is 2.91. The molecule has 32 heavy (non-hydrogen) atoms. The van der Waals surface area contributed by atoms with Crippen LogP contribution in [0.5, 0.6) is 0 Å². The summed E-state index contributed by atoms with van der Waals surface area (Å²) in [5.74, 6) is -0.537. The Bertz CT molecular complexity index is 872. The van der Waals surface area contributed by atoms with Crippen molar-refractivity contribution < 1.29 is 19.1 Å². The standard InChI is InChI=1S/C26H36N3O3/c1-29(15-7-9-21-17-27-20-28-18-21)16-8-14-24(19-29)32-25(30)26(31,23-12-5-6-13-23)22-10-3-2-4-11-22/h2-4,10-11,17-18,20,23-24,31H,5-9,12-16,19H2,1H3/q+1/t24?,26?,29-/m1/s1. The van der Waals surface area contributed by atoms with Crippen LogP contribution in [0.1, 0.15) is 56.1 Å². The van der Waals surface area contributed by atoms with Gasteiger partial charge in [-0.15, -0.1) is 0 Å². The Kier molecular flexibility index (Phi) is 7.21. The number of benzene rings is 1. The molecule has 1 aromatic heterocycles. The fourth-order valence-corrected chi connectivity index (χ4v) is 5.60. The smallest absolute Gasteiger partial charge is 0.343 e. The summed E-state index contributed by atoms with van der Waals surface area (Å²) < 4.78 is 6.95. The van der Waals surface area contributed by atoms with E-state index in [0.717, 1.165) is 81.0 Å². The summed E-state index contributed by atoms with van der Waals surface area (Å²) in [6.07, 6.45) is 12.9. The van der Waals surface area contributed by atoms with Crippen LogP contribution in [-0.4, -0.2) is 58.3 Å². The highest BCUT2D eigenvalue weighted by Gasteiger charge is 2.49. The van der Waals surface area contributed by atoms with Gasteiger partial charge in [0.1, 0.15) is 12.9 Å². The lowest BCUT2D eigenvalue weighted by molar-refractivity contribution is -0.917. The predicted octanol–water partition coefficient (Wildman–Crippen LogP) is 3.64. The Morgan fingerprint density at radius 3 is 2.56 bits per heavy atom. The van der Waals surface area contributed by atoms with Crippen LogP contribution in [0.15, 0.2) is 49.1 Å². The number of aryl methyl sites for hydroxylation is 1. The van der Waals surface area contributed by atoms with E-state index in [1.54, 1.807) is 6.33 Å². The highest BCUT2D eigenvalue weighted by molar-refractivity contribution is 5.81. The van der Waals surface area contributed by atoms with Crippen molar-refractivity contribution in [2.75, 3.05) is 26.7 Å². The number of hydrogen-bond donors (Lipinski definition) is 1. The molecule has 1 aliphatic heterocycles. The Hall–Kier alpha value is -2.31. The van der Waals surface area contributed by atoms with Crippen LogP contribution in [0.3, 0.4) is 0 Å². The maximum Gasteiger partial charge on any atom is 0.343 e. The van der Waals surface area contributed by atoms with Gasteiger partial charge in [-0.25, -0.2) is 14.8 Å². The number of carbonyl (C=O) groups is 1. The first kappa shape index (κ1) is 22.9. The zero-order valence-corrected chi connectivity index (χ0v) is 19.2.